The molecular formula is C13H16N4. The highest BCUT2D eigenvalue weighted by Crippen LogP contribution is 2.12. The van der Waals surface area contributed by atoms with E-state index in [2.05, 4.69) is 40.4 Å². The molecule has 4 heteroatoms. The van der Waals surface area contributed by atoms with Crippen LogP contribution in [0.4, 0.5) is 11.8 Å². The Bertz CT molecular complexity index is 496. The summed E-state index contributed by atoms with van der Waals surface area (Å²) in [4.78, 5) is 7.95. The maximum absolute atomic E-state index is 5.52. The van der Waals surface area contributed by atoms with E-state index in [1.807, 2.05) is 12.1 Å². The third kappa shape index (κ3) is 2.93. The highest BCUT2D eigenvalue weighted by molar-refractivity contribution is 5.39. The van der Waals surface area contributed by atoms with Crippen molar-refractivity contribution in [3.63, 3.8) is 0 Å². The summed E-state index contributed by atoms with van der Waals surface area (Å²) in [6.45, 7) is 2.90. The van der Waals surface area contributed by atoms with Crippen LogP contribution in [0.3, 0.4) is 0 Å². The van der Waals surface area contributed by atoms with Crippen molar-refractivity contribution in [1.82, 2.24) is 9.97 Å². The number of anilines is 2. The zero-order valence-corrected chi connectivity index (χ0v) is 9.85. The second-order valence-corrected chi connectivity index (χ2v) is 3.78. The van der Waals surface area contributed by atoms with E-state index in [1.54, 1.807) is 6.20 Å². The Balaban J connectivity index is 2.07. The van der Waals surface area contributed by atoms with Gasteiger partial charge in [0.2, 0.25) is 5.95 Å². The van der Waals surface area contributed by atoms with Gasteiger partial charge in [-0.25, -0.2) is 4.98 Å². The van der Waals surface area contributed by atoms with Gasteiger partial charge >= 0.3 is 0 Å². The predicted octanol–water partition coefficient (Wildman–Crippen LogP) is 2.23. The van der Waals surface area contributed by atoms with Crippen LogP contribution >= 0.6 is 0 Å². The highest BCUT2D eigenvalue weighted by Gasteiger charge is 2.00. The molecule has 0 spiro atoms. The first-order valence-electron chi connectivity index (χ1n) is 5.68. The zero-order chi connectivity index (χ0) is 12.1. The van der Waals surface area contributed by atoms with E-state index < -0.39 is 0 Å². The summed E-state index contributed by atoms with van der Waals surface area (Å²) in [6, 6.07) is 10.2. The van der Waals surface area contributed by atoms with Crippen LogP contribution in [-0.2, 0) is 13.0 Å². The van der Waals surface area contributed by atoms with E-state index in [0.717, 1.165) is 18.8 Å². The number of hydrogen-bond acceptors (Lipinski definition) is 4. The molecule has 0 aliphatic carbocycles. The Morgan fingerprint density at radius 2 is 1.94 bits per heavy atom. The molecular weight excluding hydrogens is 212 g/mol. The van der Waals surface area contributed by atoms with Crippen LogP contribution in [-0.4, -0.2) is 9.97 Å². The molecule has 0 atom stereocenters. The lowest BCUT2D eigenvalue weighted by atomic mass is 10.1. The summed E-state index contributed by atoms with van der Waals surface area (Å²) in [6.07, 6.45) is 2.68. The summed E-state index contributed by atoms with van der Waals surface area (Å²) in [5, 5.41) is 3.25. The number of benzene rings is 1. The Hall–Kier alpha value is -2.10. The van der Waals surface area contributed by atoms with Crippen molar-refractivity contribution in [1.29, 1.82) is 0 Å². The molecule has 88 valence electrons. The van der Waals surface area contributed by atoms with E-state index >= 15 is 0 Å². The van der Waals surface area contributed by atoms with Gasteiger partial charge < -0.3 is 11.1 Å². The van der Waals surface area contributed by atoms with E-state index in [1.165, 1.54) is 11.1 Å². The van der Waals surface area contributed by atoms with Crippen molar-refractivity contribution in [2.45, 2.75) is 19.9 Å². The van der Waals surface area contributed by atoms with Crippen molar-refractivity contribution >= 4 is 11.8 Å². The number of hydrogen-bond donors (Lipinski definition) is 2. The first-order valence-corrected chi connectivity index (χ1v) is 5.68. The largest absolute Gasteiger partial charge is 0.368 e. The van der Waals surface area contributed by atoms with Gasteiger partial charge in [-0.1, -0.05) is 31.2 Å². The maximum Gasteiger partial charge on any atom is 0.221 e. The highest BCUT2D eigenvalue weighted by atomic mass is 15.1. The van der Waals surface area contributed by atoms with Gasteiger partial charge in [-0.3, -0.25) is 0 Å². The van der Waals surface area contributed by atoms with Crippen LogP contribution in [0.25, 0.3) is 0 Å². The van der Waals surface area contributed by atoms with Gasteiger partial charge in [-0.2, -0.15) is 4.98 Å². The number of nitrogens with two attached hydrogens (primary N) is 1. The number of rotatable bonds is 4. The Morgan fingerprint density at radius 1 is 1.18 bits per heavy atom. The second kappa shape index (κ2) is 5.30. The number of nitrogens with zero attached hydrogens (tertiary/aromatic N) is 2. The molecule has 1 heterocycles. The second-order valence-electron chi connectivity index (χ2n) is 3.78. The zero-order valence-electron chi connectivity index (χ0n) is 9.85. The van der Waals surface area contributed by atoms with Crippen LogP contribution in [0.5, 0.6) is 0 Å². The molecule has 0 saturated heterocycles. The molecule has 0 radical (unpaired) electrons. The van der Waals surface area contributed by atoms with Gasteiger partial charge in [0.25, 0.3) is 0 Å². The Morgan fingerprint density at radius 3 is 2.65 bits per heavy atom. The molecule has 4 nitrogen and oxygen atoms in total. The standard InChI is InChI=1S/C13H16N4/c1-2-10-5-3-4-6-11(10)9-16-12-7-8-15-13(14)17-12/h3-8H,2,9H2,1H3,(H3,14,15,16,17). The van der Waals surface area contributed by atoms with E-state index in [-0.39, 0.29) is 0 Å². The minimum absolute atomic E-state index is 0.291. The average Bonchev–Trinajstić information content (AvgIpc) is 2.37. The summed E-state index contributed by atoms with van der Waals surface area (Å²) in [7, 11) is 0. The Kier molecular flexibility index (Phi) is 3.55. The third-order valence-corrected chi connectivity index (χ3v) is 2.63. The van der Waals surface area contributed by atoms with Crippen molar-refractivity contribution in [2.24, 2.45) is 0 Å². The van der Waals surface area contributed by atoms with Crippen LogP contribution in [0, 0.1) is 0 Å². The molecule has 0 unspecified atom stereocenters. The smallest absolute Gasteiger partial charge is 0.221 e. The van der Waals surface area contributed by atoms with Crippen molar-refractivity contribution in [3.8, 4) is 0 Å². The fraction of sp³-hybridized carbons (Fsp3) is 0.231. The quantitative estimate of drug-likeness (QED) is 0.842. The molecule has 0 aliphatic heterocycles. The van der Waals surface area contributed by atoms with Crippen molar-refractivity contribution < 1.29 is 0 Å². The third-order valence-electron chi connectivity index (χ3n) is 2.63. The van der Waals surface area contributed by atoms with E-state index in [4.69, 9.17) is 5.73 Å². The monoisotopic (exact) mass is 228 g/mol. The summed E-state index contributed by atoms with van der Waals surface area (Å²) >= 11 is 0. The molecule has 17 heavy (non-hydrogen) atoms. The fourth-order valence-electron chi connectivity index (χ4n) is 1.73. The molecule has 1 aromatic heterocycles. The van der Waals surface area contributed by atoms with Gasteiger partial charge in [-0.05, 0) is 23.6 Å². The average molecular weight is 228 g/mol. The molecule has 1 aromatic carbocycles. The van der Waals surface area contributed by atoms with Gasteiger partial charge in [0.05, 0.1) is 0 Å². The molecule has 0 amide bonds. The van der Waals surface area contributed by atoms with E-state index in [0.29, 0.717) is 5.95 Å². The predicted molar refractivity (Wildman–Crippen MR) is 69.6 cm³/mol. The van der Waals surface area contributed by atoms with Crippen LogP contribution in [0.15, 0.2) is 36.5 Å². The lowest BCUT2D eigenvalue weighted by Gasteiger charge is -2.09. The fourth-order valence-corrected chi connectivity index (χ4v) is 1.73. The maximum atomic E-state index is 5.52. The molecule has 0 fully saturated rings. The number of aryl methyl sites for hydroxylation is 1. The van der Waals surface area contributed by atoms with Crippen LogP contribution in [0.2, 0.25) is 0 Å². The van der Waals surface area contributed by atoms with Gasteiger partial charge in [0.15, 0.2) is 0 Å². The van der Waals surface area contributed by atoms with Crippen molar-refractivity contribution in [2.75, 3.05) is 11.1 Å². The minimum Gasteiger partial charge on any atom is -0.368 e. The summed E-state index contributed by atoms with van der Waals surface area (Å²) in [5.41, 5.74) is 8.15. The first kappa shape index (κ1) is 11.4. The van der Waals surface area contributed by atoms with Crippen LogP contribution in [0.1, 0.15) is 18.1 Å². The molecule has 0 aliphatic rings. The molecule has 0 saturated carbocycles. The molecule has 2 rings (SSSR count). The Labute approximate surface area is 101 Å². The minimum atomic E-state index is 0.291. The SMILES string of the molecule is CCc1ccccc1CNc1ccnc(N)n1. The lowest BCUT2D eigenvalue weighted by molar-refractivity contribution is 1.03. The summed E-state index contributed by atoms with van der Waals surface area (Å²) in [5.74, 6) is 1.04. The van der Waals surface area contributed by atoms with Gasteiger partial charge in [-0.15, -0.1) is 0 Å². The van der Waals surface area contributed by atoms with Gasteiger partial charge in [0, 0.05) is 12.7 Å². The number of nitrogens with one attached hydrogen (secondary N) is 1. The topological polar surface area (TPSA) is 63.8 Å². The molecule has 2 aromatic rings. The van der Waals surface area contributed by atoms with Crippen molar-refractivity contribution in [3.05, 3.63) is 47.7 Å². The van der Waals surface area contributed by atoms with E-state index in [9.17, 15) is 0 Å². The van der Waals surface area contributed by atoms with Crippen LogP contribution < -0.4 is 11.1 Å². The normalized spacial score (nSPS) is 10.2. The summed E-state index contributed by atoms with van der Waals surface area (Å²) < 4.78 is 0. The number of aromatic nitrogens is 2. The van der Waals surface area contributed by atoms with Gasteiger partial charge in [0.1, 0.15) is 5.82 Å². The molecule has 0 bridgehead atoms. The number of nitrogen functional groups attached to an aromatic ring is 1. The molecule has 3 N–H and O–H groups in total. The lowest BCUT2D eigenvalue weighted by Crippen LogP contribution is -2.05. The first-order chi connectivity index (χ1) is 8.29.